The Morgan fingerprint density at radius 3 is 2.31 bits per heavy atom. The molecule has 0 spiro atoms. The van der Waals surface area contributed by atoms with Gasteiger partial charge in [0.15, 0.2) is 0 Å². The van der Waals surface area contributed by atoms with Crippen LogP contribution in [-0.4, -0.2) is 27.2 Å². The molecule has 0 radical (unpaired) electrons. The lowest BCUT2D eigenvalue weighted by molar-refractivity contribution is -0.141. The third-order valence-corrected chi connectivity index (χ3v) is 4.01. The van der Waals surface area contributed by atoms with Crippen molar-refractivity contribution in [2.24, 2.45) is 5.92 Å². The van der Waals surface area contributed by atoms with Crippen molar-refractivity contribution in [2.75, 3.05) is 0 Å². The summed E-state index contributed by atoms with van der Waals surface area (Å²) in [6.45, 7) is 5.59. The molecule has 0 aromatic carbocycles. The summed E-state index contributed by atoms with van der Waals surface area (Å²) in [4.78, 5) is 7.58. The first-order valence-electron chi connectivity index (χ1n) is 8.20. The molecule has 1 unspecified atom stereocenters. The molecule has 142 valence electrons. The summed E-state index contributed by atoms with van der Waals surface area (Å²) in [5, 5.41) is 12.8. The van der Waals surface area contributed by atoms with Gasteiger partial charge in [0.05, 0.1) is 17.5 Å². The van der Waals surface area contributed by atoms with Crippen LogP contribution in [-0.2, 0) is 12.7 Å². The van der Waals surface area contributed by atoms with E-state index in [0.717, 1.165) is 12.3 Å². The second-order valence-corrected chi connectivity index (χ2v) is 6.45. The van der Waals surface area contributed by atoms with Crippen molar-refractivity contribution in [3.63, 3.8) is 0 Å². The van der Waals surface area contributed by atoms with Gasteiger partial charge in [-0.1, -0.05) is 13.8 Å². The van der Waals surface area contributed by atoms with Crippen LogP contribution in [0.1, 0.15) is 32.2 Å². The van der Waals surface area contributed by atoms with Gasteiger partial charge in [-0.3, -0.25) is 4.98 Å². The van der Waals surface area contributed by atoms with Crippen LogP contribution in [0.5, 0.6) is 0 Å². The fraction of sp³-hybridized carbons (Fsp3) is 0.444. The number of rotatable bonds is 6. The molecule has 0 bridgehead atoms. The Kier molecular flexibility index (Phi) is 6.30. The van der Waals surface area contributed by atoms with Crippen LogP contribution in [0.15, 0.2) is 30.5 Å². The lowest BCUT2D eigenvalue weighted by Crippen LogP contribution is -2.42. The molecule has 8 heteroatoms. The minimum atomic E-state index is -4.52. The third-order valence-electron chi connectivity index (χ3n) is 4.01. The van der Waals surface area contributed by atoms with Crippen molar-refractivity contribution in [1.29, 1.82) is 0 Å². The molecule has 2 heterocycles. The maximum Gasteiger partial charge on any atom is 0.433 e. The largest absolute Gasteiger partial charge is 0.433 e. The molecule has 2 aromatic heterocycles. The molecule has 2 atom stereocenters. The summed E-state index contributed by atoms with van der Waals surface area (Å²) in [5.74, 6) is -0.408. The van der Waals surface area contributed by atoms with Gasteiger partial charge in [0.2, 0.25) is 0 Å². The molecule has 0 saturated heterocycles. The van der Waals surface area contributed by atoms with E-state index in [-0.39, 0.29) is 24.2 Å². The Morgan fingerprint density at radius 1 is 1.12 bits per heavy atom. The van der Waals surface area contributed by atoms with E-state index >= 15 is 0 Å². The first-order chi connectivity index (χ1) is 12.1. The number of pyridine rings is 2. The maximum absolute atomic E-state index is 14.0. The number of halogens is 4. The lowest BCUT2D eigenvalue weighted by atomic mass is 9.99. The van der Waals surface area contributed by atoms with Crippen LogP contribution in [0.25, 0.3) is 11.3 Å². The Bertz CT molecular complexity index is 722. The summed E-state index contributed by atoms with van der Waals surface area (Å²) in [7, 11) is 0. The molecule has 2 N–H and O–H groups in total. The molecule has 4 nitrogen and oxygen atoms in total. The molecule has 0 amide bonds. The molecule has 2 aromatic rings. The van der Waals surface area contributed by atoms with Gasteiger partial charge < -0.3 is 10.4 Å². The molecule has 2 rings (SSSR count). The second kappa shape index (κ2) is 8.09. The van der Waals surface area contributed by atoms with Gasteiger partial charge in [-0.25, -0.2) is 9.37 Å². The summed E-state index contributed by atoms with van der Waals surface area (Å²) in [6.07, 6.45) is -4.08. The summed E-state index contributed by atoms with van der Waals surface area (Å²) < 4.78 is 51.8. The van der Waals surface area contributed by atoms with Gasteiger partial charge in [0, 0.05) is 24.3 Å². The van der Waals surface area contributed by atoms with Gasteiger partial charge in [0.1, 0.15) is 11.5 Å². The molecule has 0 fully saturated rings. The molecule has 0 aliphatic heterocycles. The highest BCUT2D eigenvalue weighted by Gasteiger charge is 2.32. The van der Waals surface area contributed by atoms with Gasteiger partial charge in [-0.05, 0) is 37.1 Å². The smallest absolute Gasteiger partial charge is 0.392 e. The molecule has 0 saturated carbocycles. The van der Waals surface area contributed by atoms with Crippen molar-refractivity contribution in [2.45, 2.75) is 45.6 Å². The third kappa shape index (κ3) is 4.98. The van der Waals surface area contributed by atoms with E-state index in [0.29, 0.717) is 11.3 Å². The van der Waals surface area contributed by atoms with E-state index in [2.05, 4.69) is 15.3 Å². The van der Waals surface area contributed by atoms with Crippen molar-refractivity contribution < 1.29 is 22.7 Å². The fourth-order valence-corrected chi connectivity index (χ4v) is 2.66. The van der Waals surface area contributed by atoms with E-state index in [1.54, 1.807) is 6.92 Å². The predicted molar refractivity (Wildman–Crippen MR) is 89.6 cm³/mol. The average molecular weight is 371 g/mol. The number of nitrogens with one attached hydrogen (secondary N) is 1. The number of hydrogen-bond acceptors (Lipinski definition) is 4. The van der Waals surface area contributed by atoms with E-state index in [1.165, 1.54) is 18.2 Å². The summed E-state index contributed by atoms with van der Waals surface area (Å²) in [5.41, 5.74) is -0.201. The van der Waals surface area contributed by atoms with Gasteiger partial charge in [-0.2, -0.15) is 13.2 Å². The minimum Gasteiger partial charge on any atom is -0.392 e. The van der Waals surface area contributed by atoms with E-state index in [1.807, 2.05) is 13.8 Å². The topological polar surface area (TPSA) is 58.0 Å². The lowest BCUT2D eigenvalue weighted by Gasteiger charge is -2.25. The number of aliphatic hydroxyl groups excluding tert-OH is 1. The van der Waals surface area contributed by atoms with Crippen molar-refractivity contribution in [1.82, 2.24) is 15.3 Å². The van der Waals surface area contributed by atoms with Crippen molar-refractivity contribution in [3.8, 4) is 11.3 Å². The summed E-state index contributed by atoms with van der Waals surface area (Å²) >= 11 is 0. The Hall–Kier alpha value is -2.06. The van der Waals surface area contributed by atoms with Crippen LogP contribution in [0.4, 0.5) is 17.6 Å². The zero-order chi connectivity index (χ0) is 19.5. The van der Waals surface area contributed by atoms with Crippen LogP contribution in [0, 0.1) is 11.7 Å². The fourth-order valence-electron chi connectivity index (χ4n) is 2.66. The predicted octanol–water partition coefficient (Wildman–Crippen LogP) is 3.80. The Morgan fingerprint density at radius 2 is 1.81 bits per heavy atom. The Labute approximate surface area is 149 Å². The highest BCUT2D eigenvalue weighted by Crippen LogP contribution is 2.28. The molecule has 0 aliphatic rings. The van der Waals surface area contributed by atoms with Gasteiger partial charge >= 0.3 is 6.18 Å². The highest BCUT2D eigenvalue weighted by atomic mass is 19.4. The first-order valence-corrected chi connectivity index (χ1v) is 8.20. The summed E-state index contributed by atoms with van der Waals surface area (Å²) in [6, 6.07) is 4.47. The number of aliphatic hydroxyl groups is 1. The van der Waals surface area contributed by atoms with Gasteiger partial charge in [0.25, 0.3) is 0 Å². The number of aromatic nitrogens is 2. The number of nitrogens with zero attached hydrogens (tertiary/aromatic N) is 2. The molecule has 0 aliphatic carbocycles. The number of alkyl halides is 3. The molecular weight excluding hydrogens is 350 g/mol. The SMILES string of the molecule is CC(C)C(NCc1nc(-c2ccc(C(F)(F)F)nc2)ccc1F)[C@@H](C)O. The quantitative estimate of drug-likeness (QED) is 0.759. The number of hydrogen-bond donors (Lipinski definition) is 2. The van der Waals surface area contributed by atoms with Gasteiger partial charge in [-0.15, -0.1) is 0 Å². The monoisotopic (exact) mass is 371 g/mol. The standard InChI is InChI=1S/C18H21F4N3O/c1-10(2)17(11(3)26)24-9-15-13(19)5-6-14(25-15)12-4-7-16(23-8-12)18(20,21)22/h4-8,10-11,17,24,26H,9H2,1-3H3/t11-,17?/m1/s1. The second-order valence-electron chi connectivity index (χ2n) is 6.45. The Balaban J connectivity index is 2.21. The van der Waals surface area contributed by atoms with E-state index < -0.39 is 23.8 Å². The van der Waals surface area contributed by atoms with Crippen molar-refractivity contribution >= 4 is 0 Å². The van der Waals surface area contributed by atoms with Crippen LogP contribution in [0.2, 0.25) is 0 Å². The zero-order valence-electron chi connectivity index (χ0n) is 14.7. The molecular formula is C18H21F4N3O. The van der Waals surface area contributed by atoms with Crippen molar-refractivity contribution in [3.05, 3.63) is 47.7 Å². The van der Waals surface area contributed by atoms with Crippen LogP contribution < -0.4 is 5.32 Å². The normalized spacial score (nSPS) is 14.5. The zero-order valence-corrected chi connectivity index (χ0v) is 14.7. The highest BCUT2D eigenvalue weighted by molar-refractivity contribution is 5.58. The molecule has 26 heavy (non-hydrogen) atoms. The first kappa shape index (κ1) is 20.3. The van der Waals surface area contributed by atoms with Crippen LogP contribution in [0.3, 0.4) is 0 Å². The van der Waals surface area contributed by atoms with Crippen LogP contribution >= 0.6 is 0 Å². The minimum absolute atomic E-state index is 0.0848. The average Bonchev–Trinajstić information content (AvgIpc) is 2.55. The van der Waals surface area contributed by atoms with E-state index in [9.17, 15) is 22.7 Å². The van der Waals surface area contributed by atoms with E-state index in [4.69, 9.17) is 0 Å². The maximum atomic E-state index is 14.0.